The number of fused-ring (bicyclic) bond motifs is 3. The molecule has 4 aromatic carbocycles. The predicted octanol–water partition coefficient (Wildman–Crippen LogP) is 8.77. The lowest BCUT2D eigenvalue weighted by Gasteiger charge is -2.56. The first-order valence-corrected chi connectivity index (χ1v) is 15.1. The van der Waals surface area contributed by atoms with Crippen LogP contribution in [0.25, 0.3) is 50.3 Å². The van der Waals surface area contributed by atoms with Gasteiger partial charge in [0.25, 0.3) is 0 Å². The number of benzene rings is 4. The molecule has 10 rings (SSSR count). The zero-order valence-electron chi connectivity index (χ0n) is 23.1. The van der Waals surface area contributed by atoms with E-state index in [1.165, 1.54) is 60.3 Å². The van der Waals surface area contributed by atoms with Gasteiger partial charge in [0.15, 0.2) is 11.6 Å². The Balaban J connectivity index is 1.29. The summed E-state index contributed by atoms with van der Waals surface area (Å²) in [6.07, 6.45) is 7.89. The third-order valence-corrected chi connectivity index (χ3v) is 10.1. The van der Waals surface area contributed by atoms with Crippen molar-refractivity contribution in [2.45, 2.75) is 43.9 Å². The van der Waals surface area contributed by atoms with Gasteiger partial charge >= 0.3 is 0 Å². The van der Waals surface area contributed by atoms with E-state index in [9.17, 15) is 0 Å². The Kier molecular flexibility index (Phi) is 5.05. The minimum absolute atomic E-state index is 0.0811. The molecule has 200 valence electrons. The molecule has 0 unspecified atom stereocenters. The van der Waals surface area contributed by atoms with E-state index in [4.69, 9.17) is 15.0 Å². The van der Waals surface area contributed by atoms with E-state index in [1.54, 1.807) is 0 Å². The molecule has 0 radical (unpaired) electrons. The summed E-state index contributed by atoms with van der Waals surface area (Å²) in [4.78, 5) is 15.9. The molecule has 0 saturated heterocycles. The monoisotopic (exact) mass is 532 g/mol. The van der Waals surface area contributed by atoms with Crippen molar-refractivity contribution < 1.29 is 0 Å². The third kappa shape index (κ3) is 3.63. The molecule has 0 N–H and O–H groups in total. The lowest BCUT2D eigenvalue weighted by atomic mass is 9.49. The SMILES string of the molecule is c1ccc(-c2nc(-c3ccccc3-n3c4ccccc4c4ccccc43)nc(C34CC5CC(CC(C5)C3)C4)n2)cc1. The van der Waals surface area contributed by atoms with E-state index in [0.717, 1.165) is 52.0 Å². The summed E-state index contributed by atoms with van der Waals surface area (Å²) in [5, 5.41) is 2.51. The highest BCUT2D eigenvalue weighted by molar-refractivity contribution is 6.09. The molecule has 0 amide bonds. The van der Waals surface area contributed by atoms with Crippen LogP contribution in [-0.4, -0.2) is 19.5 Å². The van der Waals surface area contributed by atoms with Gasteiger partial charge in [-0.15, -0.1) is 0 Å². The Labute approximate surface area is 240 Å². The summed E-state index contributed by atoms with van der Waals surface area (Å²) >= 11 is 0. The fourth-order valence-corrected chi connectivity index (χ4v) is 8.87. The molecule has 4 heteroatoms. The highest BCUT2D eigenvalue weighted by atomic mass is 15.1. The van der Waals surface area contributed by atoms with Crippen molar-refractivity contribution in [3.05, 3.63) is 109 Å². The Bertz CT molecular complexity index is 1850. The third-order valence-electron chi connectivity index (χ3n) is 10.1. The summed E-state index contributed by atoms with van der Waals surface area (Å²) < 4.78 is 2.39. The second-order valence-electron chi connectivity index (χ2n) is 12.8. The van der Waals surface area contributed by atoms with Crippen molar-refractivity contribution in [2.24, 2.45) is 17.8 Å². The van der Waals surface area contributed by atoms with Crippen molar-refractivity contribution in [3.63, 3.8) is 0 Å². The lowest BCUT2D eigenvalue weighted by Crippen LogP contribution is -2.49. The van der Waals surface area contributed by atoms with E-state index < -0.39 is 0 Å². The van der Waals surface area contributed by atoms with Crippen molar-refractivity contribution in [2.75, 3.05) is 0 Å². The molecule has 0 atom stereocenters. The number of aromatic nitrogens is 4. The molecule has 0 aliphatic heterocycles. The first-order chi connectivity index (χ1) is 20.2. The maximum absolute atomic E-state index is 5.41. The van der Waals surface area contributed by atoms with E-state index in [0.29, 0.717) is 0 Å². The first-order valence-electron chi connectivity index (χ1n) is 15.1. The largest absolute Gasteiger partial charge is 0.309 e. The Morgan fingerprint density at radius 1 is 0.537 bits per heavy atom. The first kappa shape index (κ1) is 23.4. The Morgan fingerprint density at radius 3 is 1.73 bits per heavy atom. The van der Waals surface area contributed by atoms with E-state index in [1.807, 2.05) is 0 Å². The predicted molar refractivity (Wildman–Crippen MR) is 165 cm³/mol. The van der Waals surface area contributed by atoms with Gasteiger partial charge in [-0.2, -0.15) is 0 Å². The maximum Gasteiger partial charge on any atom is 0.165 e. The quantitative estimate of drug-likeness (QED) is 0.228. The van der Waals surface area contributed by atoms with Gasteiger partial charge < -0.3 is 4.57 Å². The highest BCUT2D eigenvalue weighted by Gasteiger charge is 2.53. The molecular weight excluding hydrogens is 500 g/mol. The van der Waals surface area contributed by atoms with Gasteiger partial charge in [0, 0.05) is 27.3 Å². The van der Waals surface area contributed by atoms with Gasteiger partial charge in [0.2, 0.25) is 0 Å². The van der Waals surface area contributed by atoms with Crippen LogP contribution in [0, 0.1) is 17.8 Å². The van der Waals surface area contributed by atoms with Crippen LogP contribution in [-0.2, 0) is 5.41 Å². The molecule has 2 heterocycles. The molecule has 6 aromatic rings. The topological polar surface area (TPSA) is 43.6 Å². The molecule has 4 aliphatic rings. The van der Waals surface area contributed by atoms with Crippen molar-refractivity contribution in [3.8, 4) is 28.5 Å². The Hall–Kier alpha value is -4.31. The summed E-state index contributed by atoms with van der Waals surface area (Å²) in [5.41, 5.74) is 5.67. The zero-order chi connectivity index (χ0) is 27.0. The average Bonchev–Trinajstić information content (AvgIpc) is 3.35. The minimum Gasteiger partial charge on any atom is -0.309 e. The normalized spacial score (nSPS) is 24.8. The van der Waals surface area contributed by atoms with Crippen molar-refractivity contribution in [1.29, 1.82) is 0 Å². The number of hydrogen-bond donors (Lipinski definition) is 0. The lowest BCUT2D eigenvalue weighted by molar-refractivity contribution is -0.00938. The number of nitrogens with zero attached hydrogens (tertiary/aromatic N) is 4. The molecule has 0 spiro atoms. The van der Waals surface area contributed by atoms with Gasteiger partial charge in [-0.3, -0.25) is 0 Å². The smallest absolute Gasteiger partial charge is 0.165 e. The van der Waals surface area contributed by atoms with Gasteiger partial charge in [0.05, 0.1) is 16.7 Å². The summed E-state index contributed by atoms with van der Waals surface area (Å²) in [5.74, 6) is 5.07. The molecule has 4 bridgehead atoms. The van der Waals surface area contributed by atoms with Crippen LogP contribution in [0.3, 0.4) is 0 Å². The van der Waals surface area contributed by atoms with Crippen LogP contribution in [0.15, 0.2) is 103 Å². The van der Waals surface area contributed by atoms with Gasteiger partial charge in [-0.1, -0.05) is 78.9 Å². The molecule has 4 aliphatic carbocycles. The second-order valence-corrected chi connectivity index (χ2v) is 12.8. The highest BCUT2D eigenvalue weighted by Crippen LogP contribution is 2.60. The summed E-state index contributed by atoms with van der Waals surface area (Å²) in [6, 6.07) is 36.5. The van der Waals surface area contributed by atoms with Crippen LogP contribution < -0.4 is 0 Å². The molecule has 4 nitrogen and oxygen atoms in total. The van der Waals surface area contributed by atoms with Gasteiger partial charge in [-0.25, -0.2) is 15.0 Å². The standard InChI is InChI=1S/C37H32N4/c1-2-10-27(11-3-1)34-38-35(40-36(39-34)37-21-24-18-25(22-37)20-26(19-24)23-37)30-14-6-9-17-33(30)41-31-15-7-4-12-28(31)29-13-5-8-16-32(29)41/h1-17,24-26H,18-23H2. The van der Waals surface area contributed by atoms with E-state index in [2.05, 4.69) is 108 Å². The van der Waals surface area contributed by atoms with Crippen molar-refractivity contribution >= 4 is 21.8 Å². The van der Waals surface area contributed by atoms with Crippen LogP contribution in [0.2, 0.25) is 0 Å². The Morgan fingerprint density at radius 2 is 1.07 bits per heavy atom. The molecular formula is C37H32N4. The molecule has 4 saturated carbocycles. The van der Waals surface area contributed by atoms with E-state index >= 15 is 0 Å². The van der Waals surface area contributed by atoms with Crippen molar-refractivity contribution in [1.82, 2.24) is 19.5 Å². The number of hydrogen-bond acceptors (Lipinski definition) is 3. The summed E-state index contributed by atoms with van der Waals surface area (Å²) in [7, 11) is 0. The van der Waals surface area contributed by atoms with E-state index in [-0.39, 0.29) is 5.41 Å². The van der Waals surface area contributed by atoms with Gasteiger partial charge in [-0.05, 0) is 80.5 Å². The summed E-state index contributed by atoms with van der Waals surface area (Å²) in [6.45, 7) is 0. The molecule has 4 fully saturated rings. The number of rotatable bonds is 4. The number of para-hydroxylation sites is 3. The second kappa shape index (κ2) is 8.84. The average molecular weight is 533 g/mol. The van der Waals surface area contributed by atoms with Crippen LogP contribution in [0.1, 0.15) is 44.3 Å². The fraction of sp³-hybridized carbons (Fsp3) is 0.270. The maximum atomic E-state index is 5.41. The van der Waals surface area contributed by atoms with Crippen LogP contribution in [0.4, 0.5) is 0 Å². The minimum atomic E-state index is 0.0811. The zero-order valence-corrected chi connectivity index (χ0v) is 23.1. The van der Waals surface area contributed by atoms with Gasteiger partial charge in [0.1, 0.15) is 5.82 Å². The fourth-order valence-electron chi connectivity index (χ4n) is 8.87. The van der Waals surface area contributed by atoms with Crippen LogP contribution >= 0.6 is 0 Å². The van der Waals surface area contributed by atoms with Crippen LogP contribution in [0.5, 0.6) is 0 Å². The molecule has 2 aromatic heterocycles. The molecule has 41 heavy (non-hydrogen) atoms.